The van der Waals surface area contributed by atoms with Gasteiger partial charge in [-0.05, 0) is 49.6 Å². The van der Waals surface area contributed by atoms with Crippen molar-refractivity contribution in [3.05, 3.63) is 59.7 Å². The number of benzene rings is 2. The van der Waals surface area contributed by atoms with Gasteiger partial charge in [-0.1, -0.05) is 26.0 Å². The van der Waals surface area contributed by atoms with Crippen LogP contribution in [0.4, 0.5) is 14.5 Å². The van der Waals surface area contributed by atoms with E-state index in [0.717, 1.165) is 18.4 Å². The van der Waals surface area contributed by atoms with Gasteiger partial charge in [0.15, 0.2) is 11.6 Å². The number of carbonyl (C=O) groups excluding carboxylic acids is 2. The van der Waals surface area contributed by atoms with Gasteiger partial charge in [0, 0.05) is 18.7 Å². The van der Waals surface area contributed by atoms with Crippen LogP contribution in [0.2, 0.25) is 0 Å². The lowest BCUT2D eigenvalue weighted by molar-refractivity contribution is -0.140. The van der Waals surface area contributed by atoms with E-state index in [2.05, 4.69) is 5.32 Å². The van der Waals surface area contributed by atoms with Crippen molar-refractivity contribution in [1.82, 2.24) is 10.2 Å². The fourth-order valence-electron chi connectivity index (χ4n) is 3.58. The third-order valence-electron chi connectivity index (χ3n) is 5.74. The molecule has 0 bridgehead atoms. The minimum atomic E-state index is -4.06. The van der Waals surface area contributed by atoms with Crippen molar-refractivity contribution in [2.24, 2.45) is 0 Å². The van der Waals surface area contributed by atoms with Crippen LogP contribution in [-0.4, -0.2) is 57.1 Å². The summed E-state index contributed by atoms with van der Waals surface area (Å²) >= 11 is 0. The first-order chi connectivity index (χ1) is 16.9. The van der Waals surface area contributed by atoms with E-state index in [1.807, 2.05) is 13.8 Å². The number of nitrogens with one attached hydrogen (secondary N) is 1. The third kappa shape index (κ3) is 7.64. The van der Waals surface area contributed by atoms with Crippen LogP contribution in [0.3, 0.4) is 0 Å². The number of carbonyl (C=O) groups is 2. The van der Waals surface area contributed by atoms with E-state index in [4.69, 9.17) is 4.74 Å². The van der Waals surface area contributed by atoms with E-state index >= 15 is 0 Å². The number of ether oxygens (including phenoxy) is 1. The van der Waals surface area contributed by atoms with E-state index in [9.17, 15) is 26.8 Å². The Hall–Kier alpha value is -3.21. The van der Waals surface area contributed by atoms with Gasteiger partial charge in [0.1, 0.15) is 18.3 Å². The molecule has 0 heterocycles. The van der Waals surface area contributed by atoms with Gasteiger partial charge in [-0.3, -0.25) is 13.9 Å². The molecule has 2 amide bonds. The molecule has 8 nitrogen and oxygen atoms in total. The number of sulfonamides is 1. The number of methoxy groups -OCH3 is 1. The van der Waals surface area contributed by atoms with Crippen LogP contribution in [0.25, 0.3) is 0 Å². The van der Waals surface area contributed by atoms with Crippen molar-refractivity contribution >= 4 is 27.5 Å². The molecule has 0 fully saturated rings. The minimum absolute atomic E-state index is 0.00214. The third-order valence-corrected chi connectivity index (χ3v) is 6.88. The van der Waals surface area contributed by atoms with Crippen LogP contribution in [-0.2, 0) is 26.2 Å². The van der Waals surface area contributed by atoms with Crippen LogP contribution < -0.4 is 14.4 Å². The smallest absolute Gasteiger partial charge is 0.244 e. The lowest BCUT2D eigenvalue weighted by Gasteiger charge is -2.33. The van der Waals surface area contributed by atoms with Gasteiger partial charge in [-0.2, -0.15) is 0 Å². The molecular weight excluding hydrogens is 492 g/mol. The Morgan fingerprint density at radius 1 is 1.06 bits per heavy atom. The van der Waals surface area contributed by atoms with Crippen molar-refractivity contribution < 1.29 is 31.5 Å². The number of rotatable bonds is 12. The molecule has 0 aliphatic rings. The molecule has 2 aromatic rings. The molecular formula is C25H33F2N3O5S. The first kappa shape index (κ1) is 29.0. The maximum absolute atomic E-state index is 13.9. The summed E-state index contributed by atoms with van der Waals surface area (Å²) in [5.74, 6) is -2.90. The topological polar surface area (TPSA) is 96.0 Å². The zero-order valence-corrected chi connectivity index (χ0v) is 21.9. The average Bonchev–Trinajstić information content (AvgIpc) is 2.83. The largest absolute Gasteiger partial charge is 0.497 e. The number of hydrogen-bond donors (Lipinski definition) is 1. The summed E-state index contributed by atoms with van der Waals surface area (Å²) < 4.78 is 58.3. The molecule has 0 spiro atoms. The Morgan fingerprint density at radius 3 is 2.31 bits per heavy atom. The predicted octanol–water partition coefficient (Wildman–Crippen LogP) is 3.46. The molecule has 0 unspecified atom stereocenters. The first-order valence-electron chi connectivity index (χ1n) is 11.6. The van der Waals surface area contributed by atoms with Crippen molar-refractivity contribution in [2.75, 3.05) is 24.2 Å². The van der Waals surface area contributed by atoms with Crippen molar-refractivity contribution in [2.45, 2.75) is 52.2 Å². The van der Waals surface area contributed by atoms with Gasteiger partial charge in [0.05, 0.1) is 19.1 Å². The molecule has 0 radical (unpaired) electrons. The fraction of sp³-hybridized carbons (Fsp3) is 0.440. The van der Waals surface area contributed by atoms with Crippen LogP contribution in [0.1, 0.15) is 39.2 Å². The van der Waals surface area contributed by atoms with Gasteiger partial charge in [0.2, 0.25) is 21.8 Å². The molecule has 0 saturated heterocycles. The average molecular weight is 526 g/mol. The van der Waals surface area contributed by atoms with Gasteiger partial charge < -0.3 is 15.0 Å². The second kappa shape index (κ2) is 12.7. The van der Waals surface area contributed by atoms with E-state index in [0.29, 0.717) is 28.1 Å². The van der Waals surface area contributed by atoms with Crippen molar-refractivity contribution in [1.29, 1.82) is 0 Å². The summed E-state index contributed by atoms with van der Waals surface area (Å²) in [6, 6.07) is 8.48. The van der Waals surface area contributed by atoms with Gasteiger partial charge >= 0.3 is 0 Å². The number of amides is 2. The highest BCUT2D eigenvalue weighted by Gasteiger charge is 2.32. The SMILES string of the molecule is CC[C@@H](C)NC(=O)[C@H](CC)N(Cc1cccc(OC)c1)C(=O)CN(c1ccc(F)c(F)c1)S(C)(=O)=O. The zero-order chi connectivity index (χ0) is 27.0. The van der Waals surface area contributed by atoms with E-state index in [1.54, 1.807) is 31.2 Å². The summed E-state index contributed by atoms with van der Waals surface area (Å²) in [5, 5.41) is 2.87. The Labute approximate surface area is 211 Å². The van der Waals surface area contributed by atoms with E-state index < -0.39 is 40.2 Å². The highest BCUT2D eigenvalue weighted by molar-refractivity contribution is 7.92. The van der Waals surface area contributed by atoms with Crippen molar-refractivity contribution in [3.63, 3.8) is 0 Å². The summed E-state index contributed by atoms with van der Waals surface area (Å²) in [4.78, 5) is 28.0. The summed E-state index contributed by atoms with van der Waals surface area (Å²) in [7, 11) is -2.56. The number of hydrogen-bond acceptors (Lipinski definition) is 5. The quantitative estimate of drug-likeness (QED) is 0.458. The molecule has 2 aromatic carbocycles. The Bertz CT molecular complexity index is 1180. The first-order valence-corrected chi connectivity index (χ1v) is 13.4. The second-order valence-electron chi connectivity index (χ2n) is 8.48. The van der Waals surface area contributed by atoms with Crippen LogP contribution in [0.5, 0.6) is 5.75 Å². The molecule has 11 heteroatoms. The van der Waals surface area contributed by atoms with Gasteiger partial charge in [0.25, 0.3) is 0 Å². The summed E-state index contributed by atoms with van der Waals surface area (Å²) in [5.41, 5.74) is 0.458. The zero-order valence-electron chi connectivity index (χ0n) is 21.1. The molecule has 2 atom stereocenters. The predicted molar refractivity (Wildman–Crippen MR) is 134 cm³/mol. The Morgan fingerprint density at radius 2 is 1.75 bits per heavy atom. The number of nitrogens with zero attached hydrogens (tertiary/aromatic N) is 2. The molecule has 2 rings (SSSR count). The summed E-state index contributed by atoms with van der Waals surface area (Å²) in [6.07, 6.45) is 1.81. The second-order valence-corrected chi connectivity index (χ2v) is 10.4. The maximum atomic E-state index is 13.9. The highest BCUT2D eigenvalue weighted by Crippen LogP contribution is 2.22. The number of anilines is 1. The molecule has 0 aliphatic heterocycles. The molecule has 0 saturated carbocycles. The molecule has 1 N–H and O–H groups in total. The standard InChI is InChI=1S/C25H33F2N3O5S/c1-6-17(3)28-25(32)23(7-2)29(15-18-9-8-10-20(13-18)35-4)24(31)16-30(36(5,33)34)19-11-12-21(26)22(27)14-19/h8-14,17,23H,6-7,15-16H2,1-5H3,(H,28,32)/t17-,23+/m1/s1. The number of halogens is 2. The fourth-order valence-corrected chi connectivity index (χ4v) is 4.42. The van der Waals surface area contributed by atoms with Crippen LogP contribution >= 0.6 is 0 Å². The molecule has 0 aliphatic carbocycles. The van der Waals surface area contributed by atoms with Crippen LogP contribution in [0, 0.1) is 11.6 Å². The monoisotopic (exact) mass is 525 g/mol. The Balaban J connectivity index is 2.47. The summed E-state index contributed by atoms with van der Waals surface area (Å²) in [6.45, 7) is 4.79. The lowest BCUT2D eigenvalue weighted by Crippen LogP contribution is -2.53. The normalized spacial score (nSPS) is 13.0. The van der Waals surface area contributed by atoms with Crippen molar-refractivity contribution in [3.8, 4) is 5.75 Å². The minimum Gasteiger partial charge on any atom is -0.497 e. The van der Waals surface area contributed by atoms with Gasteiger partial charge in [-0.15, -0.1) is 0 Å². The van der Waals surface area contributed by atoms with E-state index in [1.165, 1.54) is 12.0 Å². The lowest BCUT2D eigenvalue weighted by atomic mass is 10.1. The van der Waals surface area contributed by atoms with Crippen LogP contribution in [0.15, 0.2) is 42.5 Å². The Kier molecular flexibility index (Phi) is 10.2. The molecule has 36 heavy (non-hydrogen) atoms. The molecule has 198 valence electrons. The van der Waals surface area contributed by atoms with E-state index in [-0.39, 0.29) is 30.6 Å². The highest BCUT2D eigenvalue weighted by atomic mass is 32.2. The maximum Gasteiger partial charge on any atom is 0.244 e. The van der Waals surface area contributed by atoms with Gasteiger partial charge in [-0.25, -0.2) is 17.2 Å². The molecule has 0 aromatic heterocycles.